The Balaban J connectivity index is 0.00000529. The molecule has 0 fully saturated rings. The number of ether oxygens (including phenoxy) is 2. The predicted octanol–water partition coefficient (Wildman–Crippen LogP) is 2.19. The average molecular weight is 359 g/mol. The van der Waals surface area contributed by atoms with Crippen molar-refractivity contribution in [3.63, 3.8) is 0 Å². The fourth-order valence-electron chi connectivity index (χ4n) is 1.88. The molecule has 3 N–H and O–H groups in total. The van der Waals surface area contributed by atoms with Gasteiger partial charge in [-0.3, -0.25) is 9.59 Å². The lowest BCUT2D eigenvalue weighted by molar-refractivity contribution is -0.121. The molecule has 0 aliphatic rings. The van der Waals surface area contributed by atoms with Gasteiger partial charge in [-0.25, -0.2) is 0 Å². The molecule has 0 bridgehead atoms. The molecule has 0 spiro atoms. The molecule has 0 saturated carbocycles. The smallest absolute Gasteiger partial charge is 0.220 e. The lowest BCUT2D eigenvalue weighted by atomic mass is 10.1. The van der Waals surface area contributed by atoms with Crippen LogP contribution in [0.15, 0.2) is 18.2 Å². The number of rotatable bonds is 10. The summed E-state index contributed by atoms with van der Waals surface area (Å²) in [5.74, 6) is 1.32. The highest BCUT2D eigenvalue weighted by Crippen LogP contribution is 2.28. The van der Waals surface area contributed by atoms with E-state index in [1.54, 1.807) is 18.2 Å². The summed E-state index contributed by atoms with van der Waals surface area (Å²) in [6, 6.07) is 5.05. The molecule has 7 heteroatoms. The number of ketones is 1. The van der Waals surface area contributed by atoms with Gasteiger partial charge in [0, 0.05) is 18.5 Å². The fourth-order valence-corrected chi connectivity index (χ4v) is 1.88. The van der Waals surface area contributed by atoms with Crippen LogP contribution in [0.3, 0.4) is 0 Å². The highest BCUT2D eigenvalue weighted by molar-refractivity contribution is 5.94. The topological polar surface area (TPSA) is 90.6 Å². The van der Waals surface area contributed by atoms with E-state index in [9.17, 15) is 9.59 Å². The van der Waals surface area contributed by atoms with E-state index in [2.05, 4.69) is 5.32 Å². The summed E-state index contributed by atoms with van der Waals surface area (Å²) in [6.07, 6.45) is 0.992. The summed E-state index contributed by atoms with van der Waals surface area (Å²) in [7, 11) is 1.53. The molecule has 1 amide bonds. The normalized spacial score (nSPS) is 11.2. The molecule has 1 unspecified atom stereocenters. The quantitative estimate of drug-likeness (QED) is 0.494. The van der Waals surface area contributed by atoms with Crippen LogP contribution < -0.4 is 20.5 Å². The van der Waals surface area contributed by atoms with Crippen molar-refractivity contribution in [2.45, 2.75) is 26.7 Å². The number of nitrogens with one attached hydrogen (secondary N) is 1. The van der Waals surface area contributed by atoms with Crippen molar-refractivity contribution >= 4 is 24.1 Å². The van der Waals surface area contributed by atoms with Crippen molar-refractivity contribution in [3.8, 4) is 11.5 Å². The first kappa shape index (κ1) is 22.2. The van der Waals surface area contributed by atoms with Gasteiger partial charge in [-0.05, 0) is 44.0 Å². The molecule has 0 heterocycles. The van der Waals surface area contributed by atoms with E-state index < -0.39 is 0 Å². The highest BCUT2D eigenvalue weighted by atomic mass is 35.5. The van der Waals surface area contributed by atoms with E-state index >= 15 is 0 Å². The lowest BCUT2D eigenvalue weighted by Crippen LogP contribution is -2.31. The molecule has 24 heavy (non-hydrogen) atoms. The number of Topliss-reactive ketones (excluding diaryl/α,β-unsaturated/α-hetero) is 1. The molecule has 1 atom stereocenters. The van der Waals surface area contributed by atoms with Crippen molar-refractivity contribution in [2.24, 2.45) is 11.7 Å². The first-order valence-electron chi connectivity index (χ1n) is 7.76. The number of carbonyl (C=O) groups excluding carboxylic acids is 2. The Kier molecular flexibility index (Phi) is 10.8. The number of amides is 1. The van der Waals surface area contributed by atoms with Gasteiger partial charge < -0.3 is 20.5 Å². The molecule has 0 saturated heterocycles. The summed E-state index contributed by atoms with van der Waals surface area (Å²) in [4.78, 5) is 23.0. The van der Waals surface area contributed by atoms with Crippen LogP contribution in [0.5, 0.6) is 11.5 Å². The first-order chi connectivity index (χ1) is 11.0. The maximum atomic E-state index is 11.6. The second-order valence-electron chi connectivity index (χ2n) is 5.52. The fraction of sp³-hybridized carbons (Fsp3) is 0.529. The minimum atomic E-state index is -0.0294. The Labute approximate surface area is 149 Å². The van der Waals surface area contributed by atoms with E-state index in [1.807, 2.05) is 6.92 Å². The molecule has 0 radical (unpaired) electrons. The minimum absolute atomic E-state index is 0. The van der Waals surface area contributed by atoms with Gasteiger partial charge in [0.2, 0.25) is 5.91 Å². The van der Waals surface area contributed by atoms with Crippen LogP contribution in [0, 0.1) is 5.92 Å². The average Bonchev–Trinajstić information content (AvgIpc) is 2.56. The molecule has 0 aliphatic heterocycles. The summed E-state index contributed by atoms with van der Waals surface area (Å²) in [6.45, 7) is 5.03. The summed E-state index contributed by atoms with van der Waals surface area (Å²) in [5.41, 5.74) is 6.07. The molecule has 0 aliphatic carbocycles. The van der Waals surface area contributed by atoms with Gasteiger partial charge in [0.1, 0.15) is 0 Å². The van der Waals surface area contributed by atoms with Gasteiger partial charge >= 0.3 is 0 Å². The first-order valence-corrected chi connectivity index (χ1v) is 7.76. The number of nitrogens with two attached hydrogens (primary N) is 1. The van der Waals surface area contributed by atoms with Crippen molar-refractivity contribution in [1.82, 2.24) is 5.32 Å². The zero-order valence-electron chi connectivity index (χ0n) is 14.5. The van der Waals surface area contributed by atoms with Crippen LogP contribution in [0.25, 0.3) is 0 Å². The maximum Gasteiger partial charge on any atom is 0.220 e. The molecule has 136 valence electrons. The highest BCUT2D eigenvalue weighted by Gasteiger charge is 2.09. The van der Waals surface area contributed by atoms with Crippen LogP contribution >= 0.6 is 12.4 Å². The summed E-state index contributed by atoms with van der Waals surface area (Å²) < 4.78 is 10.8. The Hall–Kier alpha value is -1.79. The molecule has 1 aromatic rings. The number of benzene rings is 1. The van der Waals surface area contributed by atoms with E-state index in [4.69, 9.17) is 15.2 Å². The standard InChI is InChI=1S/C17H26N2O4.ClH/c1-12(10-18)11-19-17(21)5-4-8-23-15-7-6-14(13(2)20)9-16(15)22-3;/h6-7,9,12H,4-5,8,10-11,18H2,1-3H3,(H,19,21);1H. The summed E-state index contributed by atoms with van der Waals surface area (Å²) in [5, 5.41) is 2.84. The van der Waals surface area contributed by atoms with E-state index in [0.717, 1.165) is 0 Å². The zero-order chi connectivity index (χ0) is 17.2. The van der Waals surface area contributed by atoms with E-state index in [-0.39, 0.29) is 30.0 Å². The van der Waals surface area contributed by atoms with Crippen molar-refractivity contribution in [1.29, 1.82) is 0 Å². The number of hydrogen-bond acceptors (Lipinski definition) is 5. The third kappa shape index (κ3) is 7.66. The predicted molar refractivity (Wildman–Crippen MR) is 96.2 cm³/mol. The number of halogens is 1. The number of methoxy groups -OCH3 is 1. The van der Waals surface area contributed by atoms with E-state index in [0.29, 0.717) is 49.6 Å². The van der Waals surface area contributed by atoms with Crippen LogP contribution in [-0.4, -0.2) is 38.5 Å². The van der Waals surface area contributed by atoms with Gasteiger partial charge in [0.15, 0.2) is 17.3 Å². The Morgan fingerprint density at radius 1 is 1.29 bits per heavy atom. The SMILES string of the molecule is COc1cc(C(C)=O)ccc1OCCCC(=O)NCC(C)CN.Cl. The van der Waals surface area contributed by atoms with Gasteiger partial charge in [0.05, 0.1) is 13.7 Å². The van der Waals surface area contributed by atoms with Crippen molar-refractivity contribution < 1.29 is 19.1 Å². The van der Waals surface area contributed by atoms with Crippen LogP contribution in [0.4, 0.5) is 0 Å². The molecule has 6 nitrogen and oxygen atoms in total. The largest absolute Gasteiger partial charge is 0.493 e. The van der Waals surface area contributed by atoms with Gasteiger partial charge in [-0.1, -0.05) is 6.92 Å². The lowest BCUT2D eigenvalue weighted by Gasteiger charge is -2.12. The zero-order valence-corrected chi connectivity index (χ0v) is 15.3. The molecular formula is C17H27ClN2O4. The molecule has 1 rings (SSSR count). The Bertz CT molecular complexity index is 537. The van der Waals surface area contributed by atoms with Crippen LogP contribution in [0.2, 0.25) is 0 Å². The van der Waals surface area contributed by atoms with E-state index in [1.165, 1.54) is 14.0 Å². The number of carbonyl (C=O) groups is 2. The third-order valence-corrected chi connectivity index (χ3v) is 3.43. The second-order valence-corrected chi connectivity index (χ2v) is 5.52. The van der Waals surface area contributed by atoms with Gasteiger partial charge in [0.25, 0.3) is 0 Å². The molecule has 0 aromatic heterocycles. The van der Waals surface area contributed by atoms with Crippen molar-refractivity contribution in [2.75, 3.05) is 26.8 Å². The summed E-state index contributed by atoms with van der Waals surface area (Å²) >= 11 is 0. The van der Waals surface area contributed by atoms with Crippen molar-refractivity contribution in [3.05, 3.63) is 23.8 Å². The van der Waals surface area contributed by atoms with Crippen LogP contribution in [0.1, 0.15) is 37.0 Å². The Morgan fingerprint density at radius 2 is 2.00 bits per heavy atom. The van der Waals surface area contributed by atoms with Crippen LogP contribution in [-0.2, 0) is 4.79 Å². The number of hydrogen-bond donors (Lipinski definition) is 2. The Morgan fingerprint density at radius 3 is 2.58 bits per heavy atom. The third-order valence-electron chi connectivity index (χ3n) is 3.43. The maximum absolute atomic E-state index is 11.6. The monoisotopic (exact) mass is 358 g/mol. The van der Waals surface area contributed by atoms with Gasteiger partial charge in [-0.15, -0.1) is 12.4 Å². The molecular weight excluding hydrogens is 332 g/mol. The second kappa shape index (κ2) is 11.7. The van der Waals surface area contributed by atoms with Gasteiger partial charge in [-0.2, -0.15) is 0 Å². The molecule has 1 aromatic carbocycles. The minimum Gasteiger partial charge on any atom is -0.493 e.